The molecule has 1 aromatic rings. The molecule has 15 heavy (non-hydrogen) atoms. The molecule has 0 spiro atoms. The van der Waals surface area contributed by atoms with Gasteiger partial charge in [-0.1, -0.05) is 0 Å². The molecule has 2 heterocycles. The average Bonchev–Trinajstić information content (AvgIpc) is 2.72. The van der Waals surface area contributed by atoms with Gasteiger partial charge in [0.05, 0.1) is 13.2 Å². The lowest BCUT2D eigenvalue weighted by Gasteiger charge is -2.21. The van der Waals surface area contributed by atoms with Crippen molar-refractivity contribution >= 4 is 0 Å². The second-order valence-corrected chi connectivity index (χ2v) is 3.84. The standard InChI is InChI=1S/C10H18N4O/c1-2-14-9(6-11)12-13-10(14)8-4-3-5-15-7-8/h8H,2-7,11H2,1H3. The van der Waals surface area contributed by atoms with Crippen LogP contribution in [0.1, 0.15) is 37.3 Å². The highest BCUT2D eigenvalue weighted by Crippen LogP contribution is 2.24. The summed E-state index contributed by atoms with van der Waals surface area (Å²) in [7, 11) is 0. The zero-order chi connectivity index (χ0) is 10.7. The molecule has 1 saturated heterocycles. The molecule has 0 radical (unpaired) electrons. The summed E-state index contributed by atoms with van der Waals surface area (Å²) in [5.41, 5.74) is 5.61. The molecule has 1 aliphatic heterocycles. The smallest absolute Gasteiger partial charge is 0.146 e. The molecule has 5 nitrogen and oxygen atoms in total. The summed E-state index contributed by atoms with van der Waals surface area (Å²) < 4.78 is 7.58. The SMILES string of the molecule is CCn1c(CN)nnc1C1CCCOC1. The third-order valence-corrected chi connectivity index (χ3v) is 2.88. The lowest BCUT2D eigenvalue weighted by Crippen LogP contribution is -2.20. The van der Waals surface area contributed by atoms with E-state index >= 15 is 0 Å². The zero-order valence-corrected chi connectivity index (χ0v) is 9.15. The van der Waals surface area contributed by atoms with Gasteiger partial charge in [-0.05, 0) is 19.8 Å². The normalized spacial score (nSPS) is 21.9. The molecule has 1 fully saturated rings. The topological polar surface area (TPSA) is 66.0 Å². The summed E-state index contributed by atoms with van der Waals surface area (Å²) in [6.07, 6.45) is 2.25. The monoisotopic (exact) mass is 210 g/mol. The average molecular weight is 210 g/mol. The maximum atomic E-state index is 5.61. The van der Waals surface area contributed by atoms with Gasteiger partial charge in [-0.25, -0.2) is 0 Å². The largest absolute Gasteiger partial charge is 0.381 e. The van der Waals surface area contributed by atoms with Crippen LogP contribution in [-0.2, 0) is 17.8 Å². The maximum Gasteiger partial charge on any atom is 0.146 e. The van der Waals surface area contributed by atoms with E-state index in [1.54, 1.807) is 0 Å². The van der Waals surface area contributed by atoms with Gasteiger partial charge in [-0.3, -0.25) is 0 Å². The van der Waals surface area contributed by atoms with Crippen molar-refractivity contribution in [3.8, 4) is 0 Å². The molecule has 0 bridgehead atoms. The molecule has 2 rings (SSSR count). The van der Waals surface area contributed by atoms with E-state index in [0.29, 0.717) is 12.5 Å². The lowest BCUT2D eigenvalue weighted by molar-refractivity contribution is 0.0769. The predicted molar refractivity (Wildman–Crippen MR) is 56.4 cm³/mol. The Morgan fingerprint density at radius 3 is 3.00 bits per heavy atom. The van der Waals surface area contributed by atoms with Gasteiger partial charge in [0.1, 0.15) is 11.6 Å². The molecule has 2 N–H and O–H groups in total. The quantitative estimate of drug-likeness (QED) is 0.795. The van der Waals surface area contributed by atoms with E-state index in [1.165, 1.54) is 0 Å². The van der Waals surface area contributed by atoms with Gasteiger partial charge >= 0.3 is 0 Å². The van der Waals surface area contributed by atoms with Crippen LogP contribution in [0.4, 0.5) is 0 Å². The van der Waals surface area contributed by atoms with Crippen LogP contribution in [0.25, 0.3) is 0 Å². The van der Waals surface area contributed by atoms with Crippen LogP contribution in [0.3, 0.4) is 0 Å². The van der Waals surface area contributed by atoms with E-state index in [-0.39, 0.29) is 0 Å². The van der Waals surface area contributed by atoms with Crippen molar-refractivity contribution in [2.75, 3.05) is 13.2 Å². The summed E-state index contributed by atoms with van der Waals surface area (Å²) in [5.74, 6) is 2.31. The Morgan fingerprint density at radius 1 is 1.53 bits per heavy atom. The van der Waals surface area contributed by atoms with Crippen LogP contribution >= 0.6 is 0 Å². The van der Waals surface area contributed by atoms with Gasteiger partial charge in [0.15, 0.2) is 0 Å². The summed E-state index contributed by atoms with van der Waals surface area (Å²) in [6, 6.07) is 0. The molecule has 84 valence electrons. The number of nitrogens with zero attached hydrogens (tertiary/aromatic N) is 3. The van der Waals surface area contributed by atoms with Crippen molar-refractivity contribution < 1.29 is 4.74 Å². The zero-order valence-electron chi connectivity index (χ0n) is 9.15. The van der Waals surface area contributed by atoms with Gasteiger partial charge in [-0.2, -0.15) is 0 Å². The summed E-state index contributed by atoms with van der Waals surface area (Å²) in [6.45, 7) is 5.07. The van der Waals surface area contributed by atoms with Crippen molar-refractivity contribution in [2.45, 2.75) is 38.8 Å². The minimum atomic E-state index is 0.395. The van der Waals surface area contributed by atoms with Gasteiger partial charge in [0.25, 0.3) is 0 Å². The van der Waals surface area contributed by atoms with Crippen molar-refractivity contribution in [1.82, 2.24) is 14.8 Å². The first-order valence-corrected chi connectivity index (χ1v) is 5.56. The van der Waals surface area contributed by atoms with E-state index in [0.717, 1.165) is 44.2 Å². The molecule has 1 aliphatic rings. The van der Waals surface area contributed by atoms with Crippen molar-refractivity contribution in [3.05, 3.63) is 11.6 Å². The number of nitrogens with two attached hydrogens (primary N) is 1. The van der Waals surface area contributed by atoms with E-state index in [2.05, 4.69) is 21.7 Å². The van der Waals surface area contributed by atoms with E-state index < -0.39 is 0 Å². The molecule has 0 saturated carbocycles. The van der Waals surface area contributed by atoms with E-state index in [4.69, 9.17) is 10.5 Å². The number of hydrogen-bond acceptors (Lipinski definition) is 4. The molecular weight excluding hydrogens is 192 g/mol. The van der Waals surface area contributed by atoms with Crippen molar-refractivity contribution in [1.29, 1.82) is 0 Å². The van der Waals surface area contributed by atoms with Crippen LogP contribution in [0.5, 0.6) is 0 Å². The van der Waals surface area contributed by atoms with Crippen LogP contribution < -0.4 is 5.73 Å². The fourth-order valence-electron chi connectivity index (χ4n) is 2.09. The third-order valence-electron chi connectivity index (χ3n) is 2.88. The maximum absolute atomic E-state index is 5.61. The first-order chi connectivity index (χ1) is 7.36. The summed E-state index contributed by atoms with van der Waals surface area (Å²) >= 11 is 0. The highest BCUT2D eigenvalue weighted by atomic mass is 16.5. The fourth-order valence-corrected chi connectivity index (χ4v) is 2.09. The molecule has 0 amide bonds. The Morgan fingerprint density at radius 2 is 2.40 bits per heavy atom. The Kier molecular flexibility index (Phi) is 3.33. The van der Waals surface area contributed by atoms with Crippen LogP contribution in [0.15, 0.2) is 0 Å². The Balaban J connectivity index is 2.22. The number of ether oxygens (including phenoxy) is 1. The first kappa shape index (κ1) is 10.6. The Bertz CT molecular complexity index is 317. The molecule has 1 aromatic heterocycles. The Labute approximate surface area is 89.6 Å². The van der Waals surface area contributed by atoms with E-state index in [9.17, 15) is 0 Å². The van der Waals surface area contributed by atoms with Crippen LogP contribution in [0, 0.1) is 0 Å². The minimum Gasteiger partial charge on any atom is -0.381 e. The second-order valence-electron chi connectivity index (χ2n) is 3.84. The molecule has 0 aliphatic carbocycles. The van der Waals surface area contributed by atoms with Gasteiger partial charge in [-0.15, -0.1) is 10.2 Å². The number of hydrogen-bond donors (Lipinski definition) is 1. The number of aromatic nitrogens is 3. The molecular formula is C10H18N4O. The van der Waals surface area contributed by atoms with Gasteiger partial charge in [0.2, 0.25) is 0 Å². The molecule has 0 aromatic carbocycles. The molecule has 1 atom stereocenters. The Hall–Kier alpha value is -0.940. The van der Waals surface area contributed by atoms with E-state index in [1.807, 2.05) is 0 Å². The predicted octanol–water partition coefficient (Wildman–Crippen LogP) is 0.651. The van der Waals surface area contributed by atoms with Crippen molar-refractivity contribution in [2.24, 2.45) is 5.73 Å². The van der Waals surface area contributed by atoms with Crippen molar-refractivity contribution in [3.63, 3.8) is 0 Å². The second kappa shape index (κ2) is 4.72. The number of rotatable bonds is 3. The third kappa shape index (κ3) is 2.03. The van der Waals surface area contributed by atoms with Crippen LogP contribution in [0.2, 0.25) is 0 Å². The first-order valence-electron chi connectivity index (χ1n) is 5.56. The van der Waals surface area contributed by atoms with Gasteiger partial charge < -0.3 is 15.0 Å². The summed E-state index contributed by atoms with van der Waals surface area (Å²) in [5, 5.41) is 8.35. The summed E-state index contributed by atoms with van der Waals surface area (Å²) in [4.78, 5) is 0. The lowest BCUT2D eigenvalue weighted by atomic mass is 10.0. The molecule has 5 heteroatoms. The highest BCUT2D eigenvalue weighted by molar-refractivity contribution is 5.03. The van der Waals surface area contributed by atoms with Crippen LogP contribution in [-0.4, -0.2) is 28.0 Å². The minimum absolute atomic E-state index is 0.395. The van der Waals surface area contributed by atoms with Gasteiger partial charge in [0, 0.05) is 19.1 Å². The highest BCUT2D eigenvalue weighted by Gasteiger charge is 2.22. The fraction of sp³-hybridized carbons (Fsp3) is 0.800. The molecule has 1 unspecified atom stereocenters.